The highest BCUT2D eigenvalue weighted by Gasteiger charge is 2.11. The lowest BCUT2D eigenvalue weighted by Crippen LogP contribution is -2.10. The van der Waals surface area contributed by atoms with Crippen LogP contribution in [-0.4, -0.2) is 0 Å². The second kappa shape index (κ2) is 7.09. The van der Waals surface area contributed by atoms with Gasteiger partial charge in [0, 0.05) is 10.7 Å². The van der Waals surface area contributed by atoms with Crippen LogP contribution in [0, 0.1) is 5.82 Å². The van der Waals surface area contributed by atoms with Crippen molar-refractivity contribution in [3.8, 4) is 0 Å². The predicted molar refractivity (Wildman–Crippen MR) is 86.8 cm³/mol. The third kappa shape index (κ3) is 3.97. The maximum absolute atomic E-state index is 13.6. The molecule has 0 heterocycles. The molecule has 0 amide bonds. The Labute approximate surface area is 132 Å². The number of halogens is 3. The lowest BCUT2D eigenvalue weighted by molar-refractivity contribution is 0.620. The van der Waals surface area contributed by atoms with Crippen LogP contribution in [0.2, 0.25) is 5.02 Å². The quantitative estimate of drug-likeness (QED) is 0.673. The Hall–Kier alpha value is -1.06. The molecule has 1 nitrogen and oxygen atoms in total. The van der Waals surface area contributed by atoms with Gasteiger partial charge in [0.25, 0.3) is 0 Å². The molecule has 0 saturated carbocycles. The van der Waals surface area contributed by atoms with Crippen molar-refractivity contribution in [2.45, 2.75) is 25.8 Å². The van der Waals surface area contributed by atoms with Crippen LogP contribution in [0.5, 0.6) is 0 Å². The molecule has 0 saturated heterocycles. The van der Waals surface area contributed by atoms with Gasteiger partial charge >= 0.3 is 0 Å². The molecule has 2 aromatic rings. The summed E-state index contributed by atoms with van der Waals surface area (Å²) in [6.45, 7) is 2.13. The first-order valence-electron chi connectivity index (χ1n) is 6.57. The van der Waals surface area contributed by atoms with E-state index >= 15 is 0 Å². The minimum Gasteiger partial charge on any atom is -0.378 e. The molecule has 0 aliphatic heterocycles. The van der Waals surface area contributed by atoms with E-state index in [1.807, 2.05) is 30.3 Å². The van der Waals surface area contributed by atoms with E-state index in [9.17, 15) is 4.39 Å². The van der Waals surface area contributed by atoms with Crippen molar-refractivity contribution in [3.05, 3.63) is 63.3 Å². The zero-order chi connectivity index (χ0) is 14.5. The van der Waals surface area contributed by atoms with Gasteiger partial charge in [0.1, 0.15) is 5.82 Å². The summed E-state index contributed by atoms with van der Waals surface area (Å²) in [5, 5.41) is 4.10. The van der Waals surface area contributed by atoms with Gasteiger partial charge in [0.05, 0.1) is 10.5 Å². The number of benzene rings is 2. The summed E-state index contributed by atoms with van der Waals surface area (Å²) in [4.78, 5) is 0. The van der Waals surface area contributed by atoms with Crippen LogP contribution in [0.4, 0.5) is 10.1 Å². The lowest BCUT2D eigenvalue weighted by atomic mass is 10.0. The van der Waals surface area contributed by atoms with Crippen LogP contribution in [0.3, 0.4) is 0 Å². The average Bonchev–Trinajstić information content (AvgIpc) is 2.43. The molecular formula is C16H16BrClFN. The van der Waals surface area contributed by atoms with E-state index in [0.717, 1.165) is 29.1 Å². The highest BCUT2D eigenvalue weighted by molar-refractivity contribution is 9.10. The van der Waals surface area contributed by atoms with E-state index in [1.165, 1.54) is 6.07 Å². The third-order valence-corrected chi connectivity index (χ3v) is 4.01. The largest absolute Gasteiger partial charge is 0.378 e. The van der Waals surface area contributed by atoms with E-state index in [1.54, 1.807) is 6.07 Å². The zero-order valence-corrected chi connectivity index (χ0v) is 13.5. The second-order valence-corrected chi connectivity index (χ2v) is 5.96. The number of rotatable bonds is 5. The summed E-state index contributed by atoms with van der Waals surface area (Å²) in [5.41, 5.74) is 1.93. The summed E-state index contributed by atoms with van der Waals surface area (Å²) in [6, 6.07) is 13.0. The first-order chi connectivity index (χ1) is 9.60. The van der Waals surface area contributed by atoms with E-state index in [2.05, 4.69) is 28.2 Å². The molecule has 1 N–H and O–H groups in total. The normalized spacial score (nSPS) is 12.2. The van der Waals surface area contributed by atoms with Crippen LogP contribution >= 0.6 is 27.5 Å². The minimum absolute atomic E-state index is 0.151. The topological polar surface area (TPSA) is 12.0 Å². The van der Waals surface area contributed by atoms with Gasteiger partial charge < -0.3 is 5.32 Å². The number of hydrogen-bond donors (Lipinski definition) is 1. The Morgan fingerprint density at radius 2 is 1.90 bits per heavy atom. The van der Waals surface area contributed by atoms with Crippen LogP contribution in [-0.2, 0) is 0 Å². The third-order valence-electron chi connectivity index (χ3n) is 3.11. The van der Waals surface area contributed by atoms with Crippen molar-refractivity contribution < 1.29 is 4.39 Å². The Morgan fingerprint density at radius 3 is 2.50 bits per heavy atom. The number of anilines is 1. The molecule has 106 valence electrons. The molecule has 1 unspecified atom stereocenters. The van der Waals surface area contributed by atoms with Crippen molar-refractivity contribution in [1.29, 1.82) is 0 Å². The first kappa shape index (κ1) is 15.3. The molecule has 0 spiro atoms. The molecule has 0 aliphatic carbocycles. The number of nitrogens with one attached hydrogen (secondary N) is 1. The summed E-state index contributed by atoms with van der Waals surface area (Å²) in [5.74, 6) is -0.263. The van der Waals surface area contributed by atoms with Crippen molar-refractivity contribution in [3.63, 3.8) is 0 Å². The van der Waals surface area contributed by atoms with Crippen molar-refractivity contribution >= 4 is 33.2 Å². The molecule has 4 heteroatoms. The molecule has 0 aliphatic rings. The highest BCUT2D eigenvalue weighted by Crippen LogP contribution is 2.27. The molecule has 20 heavy (non-hydrogen) atoms. The minimum atomic E-state index is -0.263. The molecular weight excluding hydrogens is 341 g/mol. The van der Waals surface area contributed by atoms with Gasteiger partial charge in [-0.05, 0) is 58.2 Å². The second-order valence-electron chi connectivity index (χ2n) is 4.67. The zero-order valence-electron chi connectivity index (χ0n) is 11.2. The van der Waals surface area contributed by atoms with Crippen LogP contribution in [0.1, 0.15) is 31.4 Å². The lowest BCUT2D eigenvalue weighted by Gasteiger charge is -2.20. The smallest absolute Gasteiger partial charge is 0.139 e. The van der Waals surface area contributed by atoms with Crippen LogP contribution in [0.25, 0.3) is 0 Å². The van der Waals surface area contributed by atoms with E-state index < -0.39 is 0 Å². The van der Waals surface area contributed by atoms with Gasteiger partial charge in [0.2, 0.25) is 0 Å². The predicted octanol–water partition coefficient (Wildman–Crippen LogP) is 6.19. The van der Waals surface area contributed by atoms with Crippen molar-refractivity contribution in [2.24, 2.45) is 0 Å². The fourth-order valence-corrected chi connectivity index (χ4v) is 2.47. The fourth-order valence-electron chi connectivity index (χ4n) is 2.09. The Kier molecular flexibility index (Phi) is 5.44. The van der Waals surface area contributed by atoms with Gasteiger partial charge in [-0.2, -0.15) is 0 Å². The fraction of sp³-hybridized carbons (Fsp3) is 0.250. The maximum Gasteiger partial charge on any atom is 0.139 e. The standard InChI is InChI=1S/C16H16BrClFN/c1-2-3-16(11-4-6-12(18)7-5-11)20-13-8-9-14(17)15(19)10-13/h4-10,16,20H,2-3H2,1H3. The van der Waals surface area contributed by atoms with Gasteiger partial charge in [-0.15, -0.1) is 0 Å². The van der Waals surface area contributed by atoms with Gasteiger partial charge in [-0.3, -0.25) is 0 Å². The SMILES string of the molecule is CCCC(Nc1ccc(Br)c(F)c1)c1ccc(Cl)cc1. The van der Waals surface area contributed by atoms with Crippen molar-refractivity contribution in [1.82, 2.24) is 0 Å². The average molecular weight is 357 g/mol. The summed E-state index contributed by atoms with van der Waals surface area (Å²) in [7, 11) is 0. The molecule has 2 aromatic carbocycles. The van der Waals surface area contributed by atoms with E-state index in [-0.39, 0.29) is 11.9 Å². The first-order valence-corrected chi connectivity index (χ1v) is 7.74. The molecule has 0 fully saturated rings. The van der Waals surface area contributed by atoms with E-state index in [4.69, 9.17) is 11.6 Å². The monoisotopic (exact) mass is 355 g/mol. The van der Waals surface area contributed by atoms with Crippen molar-refractivity contribution in [2.75, 3.05) is 5.32 Å². The molecule has 1 atom stereocenters. The summed E-state index contributed by atoms with van der Waals surface area (Å²) in [6.07, 6.45) is 2.01. The molecule has 0 aromatic heterocycles. The van der Waals surface area contributed by atoms with E-state index in [0.29, 0.717) is 4.47 Å². The maximum atomic E-state index is 13.6. The van der Waals surface area contributed by atoms with Gasteiger partial charge in [-0.25, -0.2) is 4.39 Å². The summed E-state index contributed by atoms with van der Waals surface area (Å²) < 4.78 is 14.0. The van der Waals surface area contributed by atoms with Crippen LogP contribution in [0.15, 0.2) is 46.9 Å². The molecule has 0 radical (unpaired) electrons. The molecule has 2 rings (SSSR count). The van der Waals surface area contributed by atoms with Gasteiger partial charge in [0.15, 0.2) is 0 Å². The van der Waals surface area contributed by atoms with Crippen LogP contribution < -0.4 is 5.32 Å². The Bertz CT molecular complexity index is 571. The summed E-state index contributed by atoms with van der Waals surface area (Å²) >= 11 is 9.08. The van der Waals surface area contributed by atoms with Gasteiger partial charge in [-0.1, -0.05) is 37.1 Å². The molecule has 0 bridgehead atoms. The Morgan fingerprint density at radius 1 is 1.20 bits per heavy atom. The Balaban J connectivity index is 2.20. The highest BCUT2D eigenvalue weighted by atomic mass is 79.9. The number of hydrogen-bond acceptors (Lipinski definition) is 1.